The number of phenolic OH excluding ortho intramolecular Hbond substituents is 1. The molecular weight excluding hydrogens is 350 g/mol. The number of aromatic hydroxyl groups is 1. The fourth-order valence-corrected chi connectivity index (χ4v) is 6.49. The van der Waals surface area contributed by atoms with Crippen LogP contribution in [-0.2, 0) is 4.79 Å². The van der Waals surface area contributed by atoms with Crippen molar-refractivity contribution in [3.63, 3.8) is 0 Å². The van der Waals surface area contributed by atoms with E-state index in [1.54, 1.807) is 12.3 Å². The lowest BCUT2D eigenvalue weighted by Gasteiger charge is -2.66. The van der Waals surface area contributed by atoms with Gasteiger partial charge in [0.25, 0.3) is 0 Å². The molecule has 28 heavy (non-hydrogen) atoms. The number of hydrogen-bond donors (Lipinski definition) is 1. The maximum atomic E-state index is 13.6. The van der Waals surface area contributed by atoms with Gasteiger partial charge in [0.2, 0.25) is 0 Å². The molecule has 0 unspecified atom stereocenters. The van der Waals surface area contributed by atoms with E-state index in [1.807, 2.05) is 12.1 Å². The second kappa shape index (κ2) is 6.26. The Morgan fingerprint density at radius 2 is 1.64 bits per heavy atom. The van der Waals surface area contributed by atoms with E-state index in [0.29, 0.717) is 11.3 Å². The zero-order valence-electron chi connectivity index (χ0n) is 16.8. The van der Waals surface area contributed by atoms with Gasteiger partial charge in [-0.3, -0.25) is 19.6 Å². The number of benzene rings is 1. The van der Waals surface area contributed by atoms with Crippen molar-refractivity contribution < 1.29 is 9.90 Å². The summed E-state index contributed by atoms with van der Waals surface area (Å²) < 4.78 is 0. The Morgan fingerprint density at radius 3 is 2.21 bits per heavy atom. The number of phenols is 1. The van der Waals surface area contributed by atoms with Gasteiger partial charge in [-0.2, -0.15) is 0 Å². The Morgan fingerprint density at radius 1 is 1.04 bits per heavy atom. The van der Waals surface area contributed by atoms with Gasteiger partial charge in [0, 0.05) is 37.8 Å². The van der Waals surface area contributed by atoms with Gasteiger partial charge in [-0.1, -0.05) is 38.8 Å². The predicted molar refractivity (Wildman–Crippen MR) is 109 cm³/mol. The molecule has 5 heteroatoms. The number of fused-ring (bicyclic) bond motifs is 1. The van der Waals surface area contributed by atoms with Crippen molar-refractivity contribution >= 4 is 16.7 Å². The Hall–Kier alpha value is -1.98. The van der Waals surface area contributed by atoms with Gasteiger partial charge in [-0.25, -0.2) is 0 Å². The second-order valence-electron chi connectivity index (χ2n) is 9.15. The molecule has 4 bridgehead atoms. The molecule has 0 radical (unpaired) electrons. The van der Waals surface area contributed by atoms with Crippen LogP contribution in [0.5, 0.6) is 5.75 Å². The smallest absolute Gasteiger partial charge is 0.150 e. The minimum Gasteiger partial charge on any atom is -0.506 e. The second-order valence-corrected chi connectivity index (χ2v) is 9.15. The number of ketones is 1. The van der Waals surface area contributed by atoms with Crippen molar-refractivity contribution in [2.24, 2.45) is 10.8 Å². The van der Waals surface area contributed by atoms with Crippen LogP contribution in [-0.4, -0.2) is 51.9 Å². The maximum Gasteiger partial charge on any atom is 0.150 e. The maximum absolute atomic E-state index is 13.6. The molecule has 6 rings (SSSR count). The van der Waals surface area contributed by atoms with Crippen LogP contribution in [0.15, 0.2) is 30.5 Å². The van der Waals surface area contributed by atoms with Gasteiger partial charge in [0.15, 0.2) is 0 Å². The van der Waals surface area contributed by atoms with Crippen LogP contribution in [0, 0.1) is 10.8 Å². The highest BCUT2D eigenvalue weighted by Gasteiger charge is 2.64. The van der Waals surface area contributed by atoms with Crippen LogP contribution in [0.25, 0.3) is 10.9 Å². The third-order valence-corrected chi connectivity index (χ3v) is 7.20. The van der Waals surface area contributed by atoms with E-state index >= 15 is 0 Å². The highest BCUT2D eigenvalue weighted by molar-refractivity contribution is 5.94. The summed E-state index contributed by atoms with van der Waals surface area (Å²) in [7, 11) is 0. The average molecular weight is 380 g/mol. The summed E-state index contributed by atoms with van der Waals surface area (Å²) in [6.07, 6.45) is 5.95. The molecule has 0 amide bonds. The van der Waals surface area contributed by atoms with Crippen molar-refractivity contribution in [1.82, 2.24) is 14.8 Å². The largest absolute Gasteiger partial charge is 0.506 e. The van der Waals surface area contributed by atoms with E-state index in [4.69, 9.17) is 0 Å². The third kappa shape index (κ3) is 2.32. The molecule has 0 aliphatic carbocycles. The molecule has 2 aromatic rings. The number of pyridine rings is 1. The van der Waals surface area contributed by atoms with E-state index in [1.165, 1.54) is 5.56 Å². The Labute approximate surface area is 166 Å². The van der Waals surface area contributed by atoms with Crippen LogP contribution in [0.4, 0.5) is 0 Å². The first-order chi connectivity index (χ1) is 13.5. The first-order valence-corrected chi connectivity index (χ1v) is 10.6. The third-order valence-electron chi connectivity index (χ3n) is 7.20. The van der Waals surface area contributed by atoms with Crippen LogP contribution in [0.2, 0.25) is 0 Å². The van der Waals surface area contributed by atoms with Gasteiger partial charge in [0.1, 0.15) is 17.0 Å². The lowest BCUT2D eigenvalue weighted by Crippen LogP contribution is -2.76. The van der Waals surface area contributed by atoms with Gasteiger partial charge in [-0.05, 0) is 30.5 Å². The molecule has 4 fully saturated rings. The van der Waals surface area contributed by atoms with Crippen molar-refractivity contribution in [1.29, 1.82) is 0 Å². The summed E-state index contributed by atoms with van der Waals surface area (Å²) in [5.41, 5.74) is 1.45. The predicted octanol–water partition coefficient (Wildman–Crippen LogP) is 3.73. The van der Waals surface area contributed by atoms with Crippen LogP contribution >= 0.6 is 0 Å². The van der Waals surface area contributed by atoms with E-state index in [0.717, 1.165) is 57.2 Å². The number of hydrogen-bond acceptors (Lipinski definition) is 5. The number of nitrogens with zero attached hydrogens (tertiary/aromatic N) is 3. The van der Waals surface area contributed by atoms with Crippen molar-refractivity contribution in [3.05, 3.63) is 36.0 Å². The number of carbonyl (C=O) groups excluding carboxylic acids is 1. The summed E-state index contributed by atoms with van der Waals surface area (Å²) in [6.45, 7) is 7.81. The Balaban J connectivity index is 1.61. The van der Waals surface area contributed by atoms with Gasteiger partial charge < -0.3 is 5.11 Å². The average Bonchev–Trinajstić information content (AvgIpc) is 2.67. The Kier molecular flexibility index (Phi) is 4.04. The zero-order valence-corrected chi connectivity index (χ0v) is 16.8. The molecule has 0 atom stereocenters. The minimum absolute atomic E-state index is 0.162. The van der Waals surface area contributed by atoms with E-state index in [-0.39, 0.29) is 22.7 Å². The number of rotatable bonds is 5. The lowest BCUT2D eigenvalue weighted by molar-refractivity contribution is -0.205. The van der Waals surface area contributed by atoms with Crippen LogP contribution in [0.3, 0.4) is 0 Å². The molecule has 1 N–H and O–H groups in total. The molecule has 0 saturated carbocycles. The van der Waals surface area contributed by atoms with Gasteiger partial charge in [-0.15, -0.1) is 0 Å². The van der Waals surface area contributed by atoms with Crippen LogP contribution in [0.1, 0.15) is 51.3 Å². The Bertz CT molecular complexity index is 897. The number of piperidine rings is 2. The number of carbonyl (C=O) groups is 1. The van der Waals surface area contributed by atoms with Gasteiger partial charge in [0.05, 0.1) is 17.0 Å². The monoisotopic (exact) mass is 379 g/mol. The SMILES string of the molecule is CCCC12CN3CC(CCC)(CN(C1)C3c1ccc(O)c3ncccc13)C2=O. The summed E-state index contributed by atoms with van der Waals surface area (Å²) in [4.78, 5) is 23.1. The molecule has 5 nitrogen and oxygen atoms in total. The number of aromatic nitrogens is 1. The summed E-state index contributed by atoms with van der Waals surface area (Å²) in [6, 6.07) is 7.81. The van der Waals surface area contributed by atoms with Gasteiger partial charge >= 0.3 is 0 Å². The topological polar surface area (TPSA) is 56.7 Å². The molecule has 4 saturated heterocycles. The molecule has 1 aromatic heterocycles. The van der Waals surface area contributed by atoms with E-state index in [9.17, 15) is 9.90 Å². The quantitative estimate of drug-likeness (QED) is 0.858. The molecule has 1 aromatic carbocycles. The van der Waals surface area contributed by atoms with Crippen molar-refractivity contribution in [3.8, 4) is 5.75 Å². The summed E-state index contributed by atoms with van der Waals surface area (Å²) >= 11 is 0. The fraction of sp³-hybridized carbons (Fsp3) is 0.565. The first-order valence-electron chi connectivity index (χ1n) is 10.6. The molecule has 0 spiro atoms. The normalized spacial score (nSPS) is 36.4. The fourth-order valence-electron chi connectivity index (χ4n) is 6.49. The highest BCUT2D eigenvalue weighted by Crippen LogP contribution is 2.56. The van der Waals surface area contributed by atoms with E-state index < -0.39 is 0 Å². The zero-order chi connectivity index (χ0) is 19.5. The molecule has 148 valence electrons. The molecule has 4 aliphatic rings. The number of Topliss-reactive ketones (excluding diaryl/α,β-unsaturated/α-hetero) is 1. The highest BCUT2D eigenvalue weighted by atomic mass is 16.3. The molecule has 5 heterocycles. The standard InChI is InChI=1S/C23H29N3O2/c1-3-9-22-12-25-14-23(10-4-2,21(22)28)15-26(13-22)20(25)17-7-8-18(27)19-16(17)6-5-11-24-19/h5-8,11,20,27H,3-4,9-10,12-15H2,1-2H3. The van der Waals surface area contributed by atoms with Crippen LogP contribution < -0.4 is 0 Å². The summed E-state index contributed by atoms with van der Waals surface area (Å²) in [5.74, 6) is 0.764. The summed E-state index contributed by atoms with van der Waals surface area (Å²) in [5, 5.41) is 11.3. The van der Waals surface area contributed by atoms with Crippen molar-refractivity contribution in [2.45, 2.75) is 45.7 Å². The lowest BCUT2D eigenvalue weighted by atomic mass is 9.57. The molecule has 4 aliphatic heterocycles. The van der Waals surface area contributed by atoms with E-state index in [2.05, 4.69) is 34.7 Å². The minimum atomic E-state index is -0.206. The first kappa shape index (κ1) is 18.1. The van der Waals surface area contributed by atoms with Crippen molar-refractivity contribution in [2.75, 3.05) is 26.2 Å². The molecular formula is C23H29N3O2.